The average Bonchev–Trinajstić information content (AvgIpc) is 1.96. The Kier molecular flexibility index (Phi) is 5.03. The van der Waals surface area contributed by atoms with Gasteiger partial charge in [0.05, 0.1) is 12.8 Å². The van der Waals surface area contributed by atoms with Crippen molar-refractivity contribution in [3.05, 3.63) is 0 Å². The molecule has 0 amide bonds. The summed E-state index contributed by atoms with van der Waals surface area (Å²) < 4.78 is 0. The van der Waals surface area contributed by atoms with Gasteiger partial charge in [0.15, 0.2) is 0 Å². The van der Waals surface area contributed by atoms with Gasteiger partial charge in [-0.15, -0.1) is 0 Å². The lowest BCUT2D eigenvalue weighted by molar-refractivity contribution is -0.137. The molecule has 70 valence electrons. The van der Waals surface area contributed by atoms with Crippen molar-refractivity contribution in [2.24, 2.45) is 0 Å². The van der Waals surface area contributed by atoms with Crippen LogP contribution in [0.15, 0.2) is 0 Å². The first-order valence-corrected chi connectivity index (χ1v) is 3.64. The first-order chi connectivity index (χ1) is 5.52. The fourth-order valence-electron chi connectivity index (χ4n) is 0.685. The van der Waals surface area contributed by atoms with Crippen LogP contribution in [0.5, 0.6) is 0 Å². The van der Waals surface area contributed by atoms with Crippen molar-refractivity contribution in [2.75, 3.05) is 20.1 Å². The van der Waals surface area contributed by atoms with Crippen LogP contribution >= 0.6 is 0 Å². The Morgan fingerprint density at radius 2 is 1.42 bits per heavy atom. The maximum Gasteiger partial charge on any atom is 0.304 e. The van der Waals surface area contributed by atoms with E-state index in [1.165, 1.54) is 0 Å². The predicted molar refractivity (Wildman–Crippen MR) is 42.0 cm³/mol. The van der Waals surface area contributed by atoms with Crippen LogP contribution in [0.4, 0.5) is 0 Å². The molecule has 0 heterocycles. The van der Waals surface area contributed by atoms with Gasteiger partial charge in [0.25, 0.3) is 0 Å². The third-order valence-electron chi connectivity index (χ3n) is 1.41. The minimum Gasteiger partial charge on any atom is -0.481 e. The highest BCUT2D eigenvalue weighted by Gasteiger charge is 2.04. The number of carbonyl (C=O) groups is 2. The highest BCUT2D eigenvalue weighted by Crippen LogP contribution is 1.90. The van der Waals surface area contributed by atoms with Gasteiger partial charge in [-0.05, 0) is 7.05 Å². The quantitative estimate of drug-likeness (QED) is 0.587. The van der Waals surface area contributed by atoms with E-state index in [0.29, 0.717) is 13.1 Å². The Morgan fingerprint density at radius 3 is 1.67 bits per heavy atom. The third-order valence-corrected chi connectivity index (χ3v) is 1.41. The van der Waals surface area contributed by atoms with E-state index >= 15 is 0 Å². The maximum atomic E-state index is 10.1. The molecular formula is C7H13NO4. The Labute approximate surface area is 70.6 Å². The zero-order chi connectivity index (χ0) is 9.56. The van der Waals surface area contributed by atoms with Crippen molar-refractivity contribution in [1.82, 2.24) is 4.90 Å². The molecule has 0 rings (SSSR count). The summed E-state index contributed by atoms with van der Waals surface area (Å²) in [4.78, 5) is 21.9. The highest BCUT2D eigenvalue weighted by atomic mass is 16.4. The number of carboxylic acid groups (broad SMARTS) is 2. The third kappa shape index (κ3) is 7.01. The summed E-state index contributed by atoms with van der Waals surface area (Å²) in [6.45, 7) is 0.783. The molecule has 0 aliphatic rings. The zero-order valence-electron chi connectivity index (χ0n) is 6.99. The molecule has 0 saturated carbocycles. The SMILES string of the molecule is CN(CCC(=O)O)CCC(=O)O. The van der Waals surface area contributed by atoms with Gasteiger partial charge in [-0.25, -0.2) is 0 Å². The molecule has 0 aromatic carbocycles. The molecule has 0 aromatic heterocycles. The van der Waals surface area contributed by atoms with Gasteiger partial charge in [-0.2, -0.15) is 0 Å². The van der Waals surface area contributed by atoms with E-state index in [-0.39, 0.29) is 12.8 Å². The van der Waals surface area contributed by atoms with Crippen LogP contribution in [0.1, 0.15) is 12.8 Å². The normalized spacial score (nSPS) is 10.2. The van der Waals surface area contributed by atoms with Crippen LogP contribution in [-0.2, 0) is 9.59 Å². The number of carboxylic acids is 2. The predicted octanol–water partition coefficient (Wildman–Crippen LogP) is -0.132. The molecule has 0 bridgehead atoms. The molecule has 0 unspecified atom stereocenters. The van der Waals surface area contributed by atoms with Gasteiger partial charge in [0.2, 0.25) is 0 Å². The Hall–Kier alpha value is -1.10. The summed E-state index contributed by atoms with van der Waals surface area (Å²) in [6.07, 6.45) is 0.103. The lowest BCUT2D eigenvalue weighted by Crippen LogP contribution is -2.24. The van der Waals surface area contributed by atoms with Crippen LogP contribution in [0, 0.1) is 0 Å². The van der Waals surface area contributed by atoms with Crippen molar-refractivity contribution in [3.8, 4) is 0 Å². The van der Waals surface area contributed by atoms with E-state index in [0.717, 1.165) is 0 Å². The van der Waals surface area contributed by atoms with Crippen LogP contribution < -0.4 is 0 Å². The monoisotopic (exact) mass is 175 g/mol. The first kappa shape index (κ1) is 10.9. The molecule has 0 fully saturated rings. The summed E-state index contributed by atoms with van der Waals surface area (Å²) >= 11 is 0. The molecule has 0 aliphatic heterocycles. The van der Waals surface area contributed by atoms with Crippen LogP contribution in [0.25, 0.3) is 0 Å². The molecule has 5 nitrogen and oxygen atoms in total. The van der Waals surface area contributed by atoms with Gasteiger partial charge in [-0.1, -0.05) is 0 Å². The molecule has 12 heavy (non-hydrogen) atoms. The topological polar surface area (TPSA) is 77.8 Å². The highest BCUT2D eigenvalue weighted by molar-refractivity contribution is 5.67. The Bertz CT molecular complexity index is 151. The Balaban J connectivity index is 3.39. The van der Waals surface area contributed by atoms with Crippen molar-refractivity contribution < 1.29 is 19.8 Å². The van der Waals surface area contributed by atoms with Gasteiger partial charge < -0.3 is 15.1 Å². The second kappa shape index (κ2) is 5.54. The zero-order valence-corrected chi connectivity index (χ0v) is 6.99. The van der Waals surface area contributed by atoms with E-state index < -0.39 is 11.9 Å². The Morgan fingerprint density at radius 1 is 1.08 bits per heavy atom. The van der Waals surface area contributed by atoms with E-state index in [1.807, 2.05) is 0 Å². The minimum absolute atomic E-state index is 0.0517. The summed E-state index contributed by atoms with van der Waals surface area (Å²) in [6, 6.07) is 0. The van der Waals surface area contributed by atoms with Gasteiger partial charge in [0.1, 0.15) is 0 Å². The van der Waals surface area contributed by atoms with Gasteiger partial charge in [-0.3, -0.25) is 9.59 Å². The number of hydrogen-bond donors (Lipinski definition) is 2. The van der Waals surface area contributed by atoms with Crippen molar-refractivity contribution in [1.29, 1.82) is 0 Å². The molecule has 0 aromatic rings. The van der Waals surface area contributed by atoms with E-state index in [2.05, 4.69) is 0 Å². The van der Waals surface area contributed by atoms with E-state index in [1.54, 1.807) is 11.9 Å². The maximum absolute atomic E-state index is 10.1. The molecule has 2 N–H and O–H groups in total. The fraction of sp³-hybridized carbons (Fsp3) is 0.714. The molecule has 0 spiro atoms. The van der Waals surface area contributed by atoms with Crippen LogP contribution in [0.3, 0.4) is 0 Å². The summed E-state index contributed by atoms with van der Waals surface area (Å²) in [5.74, 6) is -1.73. The lowest BCUT2D eigenvalue weighted by Gasteiger charge is -2.12. The van der Waals surface area contributed by atoms with Crippen LogP contribution in [0.2, 0.25) is 0 Å². The lowest BCUT2D eigenvalue weighted by atomic mass is 10.3. The smallest absolute Gasteiger partial charge is 0.304 e. The molecule has 0 radical (unpaired) electrons. The number of hydrogen-bond acceptors (Lipinski definition) is 3. The number of aliphatic carboxylic acids is 2. The van der Waals surface area contributed by atoms with Crippen molar-refractivity contribution >= 4 is 11.9 Å². The van der Waals surface area contributed by atoms with Gasteiger partial charge >= 0.3 is 11.9 Å². The summed E-state index contributed by atoms with van der Waals surface area (Å²) in [7, 11) is 1.70. The number of rotatable bonds is 6. The molecular weight excluding hydrogens is 162 g/mol. The van der Waals surface area contributed by atoms with E-state index in [4.69, 9.17) is 10.2 Å². The van der Waals surface area contributed by atoms with Gasteiger partial charge in [0, 0.05) is 13.1 Å². The second-order valence-electron chi connectivity index (χ2n) is 2.59. The first-order valence-electron chi connectivity index (χ1n) is 3.64. The van der Waals surface area contributed by atoms with Crippen molar-refractivity contribution in [3.63, 3.8) is 0 Å². The molecule has 0 aliphatic carbocycles. The minimum atomic E-state index is -0.864. The molecule has 0 atom stereocenters. The fourth-order valence-corrected chi connectivity index (χ4v) is 0.685. The van der Waals surface area contributed by atoms with Crippen LogP contribution in [-0.4, -0.2) is 47.2 Å². The number of nitrogens with zero attached hydrogens (tertiary/aromatic N) is 1. The molecule has 5 heteroatoms. The largest absolute Gasteiger partial charge is 0.481 e. The van der Waals surface area contributed by atoms with Crippen molar-refractivity contribution in [2.45, 2.75) is 12.8 Å². The van der Waals surface area contributed by atoms with E-state index in [9.17, 15) is 9.59 Å². The standard InChI is InChI=1S/C7H13NO4/c1-8(4-2-6(9)10)5-3-7(11)12/h2-5H2,1H3,(H,9,10)(H,11,12). The average molecular weight is 175 g/mol. The summed E-state index contributed by atoms with van der Waals surface area (Å²) in [5.41, 5.74) is 0. The second-order valence-corrected chi connectivity index (χ2v) is 2.59. The molecule has 0 saturated heterocycles. The summed E-state index contributed by atoms with van der Waals surface area (Å²) in [5, 5.41) is 16.6.